The van der Waals surface area contributed by atoms with Gasteiger partial charge in [0.05, 0.1) is 24.6 Å². The summed E-state index contributed by atoms with van der Waals surface area (Å²) in [6.45, 7) is -0.953. The Morgan fingerprint density at radius 2 is 2.21 bits per heavy atom. The first-order valence-electron chi connectivity index (χ1n) is 7.99. The van der Waals surface area contributed by atoms with Crippen LogP contribution in [0.25, 0.3) is 11.0 Å². The van der Waals surface area contributed by atoms with Crippen molar-refractivity contribution in [3.63, 3.8) is 0 Å². The number of hydrogen-bond acceptors (Lipinski definition) is 8. The van der Waals surface area contributed by atoms with Gasteiger partial charge in [0.1, 0.15) is 23.9 Å². The molecule has 1 fully saturated rings. The van der Waals surface area contributed by atoms with E-state index in [1.165, 1.54) is 11.0 Å². The first-order chi connectivity index (χ1) is 13.2. The Hall–Kier alpha value is -2.95. The van der Waals surface area contributed by atoms with Crippen molar-refractivity contribution >= 4 is 22.8 Å². The Kier molecular flexibility index (Phi) is 5.36. The van der Waals surface area contributed by atoms with Gasteiger partial charge in [-0.1, -0.05) is 5.92 Å². The minimum atomic E-state index is -5.00. The molecule has 3 unspecified atom stereocenters. The number of ether oxygens (including phenoxy) is 1. The van der Waals surface area contributed by atoms with E-state index >= 15 is 0 Å². The number of nitrogens with two attached hydrogens (primary N) is 1. The van der Waals surface area contributed by atoms with Crippen LogP contribution in [-0.2, 0) is 9.53 Å². The second kappa shape index (κ2) is 7.58. The molecule has 0 bridgehead atoms. The van der Waals surface area contributed by atoms with Gasteiger partial charge < -0.3 is 26.0 Å². The molecule has 1 aliphatic rings. The first-order valence-corrected chi connectivity index (χ1v) is 7.99. The fraction of sp³-hybridized carbons (Fsp3) is 0.467. The van der Waals surface area contributed by atoms with E-state index in [2.05, 4.69) is 26.9 Å². The summed E-state index contributed by atoms with van der Waals surface area (Å²) in [5.41, 5.74) is 6.15. The molecule has 3 heterocycles. The van der Waals surface area contributed by atoms with Crippen molar-refractivity contribution in [2.75, 3.05) is 18.9 Å². The Balaban J connectivity index is 1.88. The van der Waals surface area contributed by atoms with Crippen LogP contribution in [-0.4, -0.2) is 67.4 Å². The van der Waals surface area contributed by atoms with Gasteiger partial charge in [0, 0.05) is 6.42 Å². The molecule has 0 radical (unpaired) electrons. The van der Waals surface area contributed by atoms with E-state index in [-0.39, 0.29) is 35.6 Å². The highest BCUT2D eigenvalue weighted by molar-refractivity contribution is 5.90. The van der Waals surface area contributed by atoms with Crippen LogP contribution in [0.5, 0.6) is 0 Å². The molecule has 1 amide bonds. The number of aromatic nitrogens is 4. The molecule has 0 aliphatic carbocycles. The minimum absolute atomic E-state index is 0.0390. The number of nitrogens with one attached hydrogen (secondary N) is 1. The van der Waals surface area contributed by atoms with Gasteiger partial charge in [-0.05, 0) is 5.92 Å². The number of aliphatic hydroxyl groups is 2. The second-order valence-electron chi connectivity index (χ2n) is 5.85. The largest absolute Gasteiger partial charge is 0.471 e. The number of halogens is 3. The third kappa shape index (κ3) is 3.84. The van der Waals surface area contributed by atoms with Crippen LogP contribution in [0.1, 0.15) is 18.3 Å². The zero-order valence-corrected chi connectivity index (χ0v) is 14.1. The van der Waals surface area contributed by atoms with Crippen molar-refractivity contribution < 1.29 is 32.9 Å². The fourth-order valence-electron chi connectivity index (χ4n) is 2.66. The SMILES string of the molecule is Nc1ncnc2c1c(C#CCNC(=O)C(F)(F)F)nn2C1CC(O)C(CO)O1. The average Bonchev–Trinajstić information content (AvgIpc) is 3.18. The molecule has 5 N–H and O–H groups in total. The van der Waals surface area contributed by atoms with Gasteiger partial charge in [0.15, 0.2) is 11.9 Å². The maximum absolute atomic E-state index is 12.2. The molecule has 10 nitrogen and oxygen atoms in total. The fourth-order valence-corrected chi connectivity index (χ4v) is 2.66. The average molecular weight is 400 g/mol. The van der Waals surface area contributed by atoms with E-state index in [9.17, 15) is 28.2 Å². The number of nitrogen functional groups attached to an aromatic ring is 1. The number of amides is 1. The highest BCUT2D eigenvalue weighted by Gasteiger charge is 2.38. The summed E-state index contributed by atoms with van der Waals surface area (Å²) in [5, 5.41) is 25.2. The van der Waals surface area contributed by atoms with E-state index in [0.717, 1.165) is 0 Å². The van der Waals surface area contributed by atoms with E-state index in [1.807, 2.05) is 0 Å². The Morgan fingerprint density at radius 1 is 1.46 bits per heavy atom. The van der Waals surface area contributed by atoms with E-state index in [4.69, 9.17) is 10.5 Å². The lowest BCUT2D eigenvalue weighted by Crippen LogP contribution is -2.36. The lowest BCUT2D eigenvalue weighted by atomic mass is 10.2. The molecule has 3 atom stereocenters. The molecule has 1 saturated heterocycles. The number of aliphatic hydroxyl groups excluding tert-OH is 2. The number of carbonyl (C=O) groups is 1. The highest BCUT2D eigenvalue weighted by Crippen LogP contribution is 2.32. The molecule has 0 aromatic carbocycles. The summed E-state index contributed by atoms with van der Waals surface area (Å²) in [4.78, 5) is 18.7. The number of nitrogens with zero attached hydrogens (tertiary/aromatic N) is 4. The smallest absolute Gasteiger partial charge is 0.394 e. The highest BCUT2D eigenvalue weighted by atomic mass is 19.4. The van der Waals surface area contributed by atoms with E-state index < -0.39 is 37.1 Å². The Labute approximate surface area is 155 Å². The molecule has 0 saturated carbocycles. The van der Waals surface area contributed by atoms with Crippen molar-refractivity contribution in [3.8, 4) is 11.8 Å². The predicted molar refractivity (Wildman–Crippen MR) is 87.3 cm³/mol. The molecule has 150 valence electrons. The molecule has 1 aliphatic heterocycles. The Bertz CT molecular complexity index is 951. The number of hydrogen-bond donors (Lipinski definition) is 4. The molecule has 3 rings (SSSR count). The van der Waals surface area contributed by atoms with Gasteiger partial charge in [-0.3, -0.25) is 4.79 Å². The summed E-state index contributed by atoms with van der Waals surface area (Å²) in [6, 6.07) is 0. The van der Waals surface area contributed by atoms with Gasteiger partial charge >= 0.3 is 12.1 Å². The summed E-state index contributed by atoms with van der Waals surface area (Å²) in [6.07, 6.45) is -6.16. The molecule has 0 spiro atoms. The maximum atomic E-state index is 12.2. The number of alkyl halides is 3. The lowest BCUT2D eigenvalue weighted by molar-refractivity contribution is -0.173. The van der Waals surface area contributed by atoms with Crippen LogP contribution in [0.3, 0.4) is 0 Å². The standard InChI is InChI=1S/C15H15F3N6O4/c16-15(17,18)14(27)20-3-1-2-7-11-12(19)21-6-22-13(11)24(23-7)10-4-8(26)9(5-25)28-10/h6,8-10,25-26H,3-5H2,(H,20,27)(H2,19,21,22). The zero-order valence-electron chi connectivity index (χ0n) is 14.1. The van der Waals surface area contributed by atoms with Crippen molar-refractivity contribution in [1.29, 1.82) is 0 Å². The summed E-state index contributed by atoms with van der Waals surface area (Å²) < 4.78 is 43.3. The van der Waals surface area contributed by atoms with Crippen molar-refractivity contribution in [3.05, 3.63) is 12.0 Å². The van der Waals surface area contributed by atoms with Gasteiger partial charge in [-0.25, -0.2) is 14.6 Å². The summed E-state index contributed by atoms with van der Waals surface area (Å²) in [7, 11) is 0. The molecule has 2 aromatic heterocycles. The third-order valence-corrected chi connectivity index (χ3v) is 3.98. The second-order valence-corrected chi connectivity index (χ2v) is 5.85. The molecule has 13 heteroatoms. The van der Waals surface area contributed by atoms with Crippen LogP contribution in [0.15, 0.2) is 6.33 Å². The minimum Gasteiger partial charge on any atom is -0.394 e. The monoisotopic (exact) mass is 400 g/mol. The molecular formula is C15H15F3N6O4. The maximum Gasteiger partial charge on any atom is 0.471 e. The zero-order chi connectivity index (χ0) is 20.5. The van der Waals surface area contributed by atoms with Gasteiger partial charge in [0.2, 0.25) is 0 Å². The third-order valence-electron chi connectivity index (χ3n) is 3.98. The van der Waals surface area contributed by atoms with E-state index in [0.29, 0.717) is 0 Å². The summed E-state index contributed by atoms with van der Waals surface area (Å²) >= 11 is 0. The van der Waals surface area contributed by atoms with Crippen molar-refractivity contribution in [2.45, 2.75) is 31.0 Å². The predicted octanol–water partition coefficient (Wildman–Crippen LogP) is -0.921. The van der Waals surface area contributed by atoms with Crippen molar-refractivity contribution in [1.82, 2.24) is 25.1 Å². The van der Waals surface area contributed by atoms with Crippen LogP contribution in [0, 0.1) is 11.8 Å². The Morgan fingerprint density at radius 3 is 2.86 bits per heavy atom. The van der Waals surface area contributed by atoms with Crippen LogP contribution < -0.4 is 11.1 Å². The number of fused-ring (bicyclic) bond motifs is 1. The molecule has 2 aromatic rings. The van der Waals surface area contributed by atoms with Gasteiger partial charge in [0.25, 0.3) is 0 Å². The summed E-state index contributed by atoms with van der Waals surface area (Å²) in [5.74, 6) is 2.81. The van der Waals surface area contributed by atoms with E-state index in [1.54, 1.807) is 5.32 Å². The number of anilines is 1. The van der Waals surface area contributed by atoms with Gasteiger partial charge in [-0.15, -0.1) is 0 Å². The number of rotatable bonds is 3. The molecule has 28 heavy (non-hydrogen) atoms. The first kappa shape index (κ1) is 19.8. The van der Waals surface area contributed by atoms with Crippen LogP contribution in [0.2, 0.25) is 0 Å². The lowest BCUT2D eigenvalue weighted by Gasteiger charge is -2.12. The van der Waals surface area contributed by atoms with Crippen molar-refractivity contribution in [2.24, 2.45) is 0 Å². The van der Waals surface area contributed by atoms with Gasteiger partial charge in [-0.2, -0.15) is 18.3 Å². The quantitative estimate of drug-likeness (QED) is 0.484. The normalized spacial score (nSPS) is 22.1. The van der Waals surface area contributed by atoms with Crippen LogP contribution >= 0.6 is 0 Å². The number of carbonyl (C=O) groups excluding carboxylic acids is 1. The molecular weight excluding hydrogens is 385 g/mol. The topological polar surface area (TPSA) is 148 Å². The van der Waals surface area contributed by atoms with Crippen LogP contribution in [0.4, 0.5) is 19.0 Å².